The minimum absolute atomic E-state index is 0.0132. The number of rotatable bonds is 9. The van der Waals surface area contributed by atoms with Crippen molar-refractivity contribution in [3.05, 3.63) is 35.1 Å². The lowest BCUT2D eigenvalue weighted by Gasteiger charge is -2.14. The molecule has 0 saturated carbocycles. The molecule has 0 radical (unpaired) electrons. The van der Waals surface area contributed by atoms with Crippen LogP contribution in [0, 0.1) is 5.82 Å². The van der Waals surface area contributed by atoms with E-state index in [4.69, 9.17) is 0 Å². The molecule has 0 bridgehead atoms. The predicted octanol–water partition coefficient (Wildman–Crippen LogP) is 3.32. The lowest BCUT2D eigenvalue weighted by Crippen LogP contribution is -2.37. The number of ether oxygens (including phenoxy) is 1. The molecule has 0 atom stereocenters. The average molecular weight is 381 g/mol. The van der Waals surface area contributed by atoms with Crippen LogP contribution >= 0.6 is 11.8 Å². The molecule has 0 amide bonds. The summed E-state index contributed by atoms with van der Waals surface area (Å²) in [6.45, 7) is -0.318. The van der Waals surface area contributed by atoms with Gasteiger partial charge in [0.1, 0.15) is 12.4 Å². The maximum absolute atomic E-state index is 13.3. The van der Waals surface area contributed by atoms with Crippen molar-refractivity contribution in [1.82, 2.24) is 10.6 Å². The Morgan fingerprint density at radius 3 is 2.64 bits per heavy atom. The first-order valence-electron chi connectivity index (χ1n) is 7.71. The predicted molar refractivity (Wildman–Crippen MR) is 93.3 cm³/mol. The maximum Gasteiger partial charge on any atom is 0.411 e. The van der Waals surface area contributed by atoms with Gasteiger partial charge in [-0.25, -0.2) is 4.39 Å². The molecular weight excluding hydrogens is 358 g/mol. The van der Waals surface area contributed by atoms with Crippen molar-refractivity contribution in [2.75, 3.05) is 33.1 Å². The van der Waals surface area contributed by atoms with E-state index in [9.17, 15) is 17.6 Å². The van der Waals surface area contributed by atoms with Gasteiger partial charge in [-0.15, -0.1) is 0 Å². The highest BCUT2D eigenvalue weighted by molar-refractivity contribution is 7.97. The molecule has 4 nitrogen and oxygen atoms in total. The Morgan fingerprint density at radius 1 is 1.24 bits per heavy atom. The summed E-state index contributed by atoms with van der Waals surface area (Å²) in [6.07, 6.45) is -1.93. The summed E-state index contributed by atoms with van der Waals surface area (Å²) in [4.78, 5) is 4.05. The number of hydrogen-bond donors (Lipinski definition) is 2. The Balaban J connectivity index is 2.35. The van der Waals surface area contributed by atoms with Gasteiger partial charge in [-0.1, -0.05) is 6.07 Å². The monoisotopic (exact) mass is 381 g/mol. The number of nitrogens with zero attached hydrogens (tertiary/aromatic N) is 1. The van der Waals surface area contributed by atoms with Crippen molar-refractivity contribution < 1.29 is 22.3 Å². The number of alkyl halides is 3. The molecule has 0 aliphatic carbocycles. The molecule has 1 rings (SSSR count). The van der Waals surface area contributed by atoms with Crippen LogP contribution in [-0.2, 0) is 17.0 Å². The third kappa shape index (κ3) is 9.54. The smallest absolute Gasteiger partial charge is 0.372 e. The van der Waals surface area contributed by atoms with Crippen LogP contribution in [-0.4, -0.2) is 45.2 Å². The van der Waals surface area contributed by atoms with Crippen LogP contribution in [0.2, 0.25) is 0 Å². The van der Waals surface area contributed by atoms with Crippen molar-refractivity contribution in [3.63, 3.8) is 0 Å². The molecule has 0 spiro atoms. The molecule has 0 heterocycles. The number of thioether (sulfide) groups is 1. The van der Waals surface area contributed by atoms with Gasteiger partial charge in [-0.2, -0.15) is 24.9 Å². The molecular formula is C16H23F4N3OS. The van der Waals surface area contributed by atoms with E-state index in [0.717, 1.165) is 11.1 Å². The fourth-order valence-electron chi connectivity index (χ4n) is 2.03. The molecule has 9 heteroatoms. The molecule has 25 heavy (non-hydrogen) atoms. The van der Waals surface area contributed by atoms with Crippen molar-refractivity contribution in [2.45, 2.75) is 24.9 Å². The van der Waals surface area contributed by atoms with Crippen LogP contribution in [0.5, 0.6) is 0 Å². The fraction of sp³-hybridized carbons (Fsp3) is 0.562. The van der Waals surface area contributed by atoms with E-state index in [0.29, 0.717) is 31.2 Å². The molecule has 0 unspecified atom stereocenters. The van der Waals surface area contributed by atoms with Gasteiger partial charge in [-0.3, -0.25) is 4.99 Å². The normalized spacial score (nSPS) is 12.3. The number of hydrogen-bond acceptors (Lipinski definition) is 3. The largest absolute Gasteiger partial charge is 0.411 e. The third-order valence-corrected chi connectivity index (χ3v) is 3.76. The Morgan fingerprint density at radius 2 is 2.00 bits per heavy atom. The highest BCUT2D eigenvalue weighted by Crippen LogP contribution is 2.16. The van der Waals surface area contributed by atoms with Crippen LogP contribution in [0.15, 0.2) is 23.2 Å². The minimum atomic E-state index is -4.30. The fourth-order valence-corrected chi connectivity index (χ4v) is 2.61. The Kier molecular flexibility index (Phi) is 9.66. The van der Waals surface area contributed by atoms with E-state index >= 15 is 0 Å². The molecule has 1 aromatic carbocycles. The van der Waals surface area contributed by atoms with Crippen LogP contribution < -0.4 is 10.6 Å². The molecule has 142 valence electrons. The zero-order valence-corrected chi connectivity index (χ0v) is 15.1. The topological polar surface area (TPSA) is 45.7 Å². The summed E-state index contributed by atoms with van der Waals surface area (Å²) in [5.74, 6) is 0.960. The van der Waals surface area contributed by atoms with Crippen LogP contribution in [0.1, 0.15) is 17.5 Å². The second kappa shape index (κ2) is 11.2. The van der Waals surface area contributed by atoms with E-state index < -0.39 is 12.8 Å². The van der Waals surface area contributed by atoms with Crippen molar-refractivity contribution in [1.29, 1.82) is 0 Å². The summed E-state index contributed by atoms with van der Waals surface area (Å²) in [7, 11) is 1.60. The minimum Gasteiger partial charge on any atom is -0.372 e. The SMILES string of the molecule is CN=C(NCCCOCC(F)(F)F)NCc1ccc(F)cc1CSC. The zero-order valence-electron chi connectivity index (χ0n) is 14.3. The third-order valence-electron chi connectivity index (χ3n) is 3.16. The first kappa shape index (κ1) is 21.6. The van der Waals surface area contributed by atoms with Crippen LogP contribution in [0.3, 0.4) is 0 Å². The summed E-state index contributed by atoms with van der Waals surface area (Å²) >= 11 is 1.61. The highest BCUT2D eigenvalue weighted by atomic mass is 32.2. The summed E-state index contributed by atoms with van der Waals surface area (Å²) in [5.41, 5.74) is 1.88. The van der Waals surface area contributed by atoms with Gasteiger partial charge < -0.3 is 15.4 Å². The maximum atomic E-state index is 13.3. The summed E-state index contributed by atoms with van der Waals surface area (Å²) < 4.78 is 53.6. The number of aliphatic imine (C=N–C) groups is 1. The molecule has 0 aromatic heterocycles. The standard InChI is InChI=1S/C16H23F4N3OS/c1-21-15(22-6-3-7-24-11-16(18,19)20)23-9-12-4-5-14(17)8-13(12)10-25-2/h4-5,8H,3,6-7,9-11H2,1-2H3,(H2,21,22,23). The van der Waals surface area contributed by atoms with Gasteiger partial charge in [0.2, 0.25) is 0 Å². The van der Waals surface area contributed by atoms with Crippen molar-refractivity contribution >= 4 is 17.7 Å². The molecule has 0 fully saturated rings. The van der Waals surface area contributed by atoms with E-state index in [1.807, 2.05) is 6.26 Å². The molecule has 2 N–H and O–H groups in total. The van der Waals surface area contributed by atoms with Gasteiger partial charge in [0, 0.05) is 32.5 Å². The lowest BCUT2D eigenvalue weighted by molar-refractivity contribution is -0.173. The average Bonchev–Trinajstić information content (AvgIpc) is 2.54. The Hall–Kier alpha value is -1.48. The van der Waals surface area contributed by atoms with Gasteiger partial charge in [0.15, 0.2) is 5.96 Å². The van der Waals surface area contributed by atoms with Gasteiger partial charge in [-0.05, 0) is 35.9 Å². The molecule has 0 aliphatic rings. The number of nitrogens with one attached hydrogen (secondary N) is 2. The molecule has 0 saturated heterocycles. The summed E-state index contributed by atoms with van der Waals surface area (Å²) in [6, 6.07) is 4.66. The van der Waals surface area contributed by atoms with Gasteiger partial charge in [0.05, 0.1) is 0 Å². The second-order valence-electron chi connectivity index (χ2n) is 5.22. The van der Waals surface area contributed by atoms with Crippen molar-refractivity contribution in [3.8, 4) is 0 Å². The van der Waals surface area contributed by atoms with Crippen LogP contribution in [0.25, 0.3) is 0 Å². The summed E-state index contributed by atoms with van der Waals surface area (Å²) in [5, 5.41) is 6.10. The molecule has 1 aromatic rings. The number of guanidine groups is 1. The number of halogens is 4. The zero-order chi connectivity index (χ0) is 18.7. The molecule has 0 aliphatic heterocycles. The number of benzene rings is 1. The van der Waals surface area contributed by atoms with Gasteiger partial charge in [0.25, 0.3) is 0 Å². The second-order valence-corrected chi connectivity index (χ2v) is 6.09. The van der Waals surface area contributed by atoms with Crippen LogP contribution in [0.4, 0.5) is 17.6 Å². The highest BCUT2D eigenvalue weighted by Gasteiger charge is 2.27. The van der Waals surface area contributed by atoms with E-state index in [1.54, 1.807) is 24.9 Å². The Bertz CT molecular complexity index is 553. The van der Waals surface area contributed by atoms with Crippen molar-refractivity contribution in [2.24, 2.45) is 4.99 Å². The first-order chi connectivity index (χ1) is 11.9. The van der Waals surface area contributed by atoms with E-state index in [1.165, 1.54) is 12.1 Å². The van der Waals surface area contributed by atoms with Gasteiger partial charge >= 0.3 is 6.18 Å². The lowest BCUT2D eigenvalue weighted by atomic mass is 10.1. The first-order valence-corrected chi connectivity index (χ1v) is 9.10. The Labute approximate surface area is 149 Å². The van der Waals surface area contributed by atoms with E-state index in [2.05, 4.69) is 20.4 Å². The van der Waals surface area contributed by atoms with E-state index in [-0.39, 0.29) is 12.4 Å². The quantitative estimate of drug-likeness (QED) is 0.298.